The van der Waals surface area contributed by atoms with Gasteiger partial charge in [-0.3, -0.25) is 14.7 Å². The second-order valence-electron chi connectivity index (χ2n) is 8.33. The van der Waals surface area contributed by atoms with E-state index in [4.69, 9.17) is 0 Å². The van der Waals surface area contributed by atoms with Gasteiger partial charge < -0.3 is 4.90 Å². The van der Waals surface area contributed by atoms with Crippen molar-refractivity contribution >= 4 is 5.91 Å². The highest BCUT2D eigenvalue weighted by molar-refractivity contribution is 5.84. The number of rotatable bonds is 4. The molecule has 4 rings (SSSR count). The third-order valence-corrected chi connectivity index (χ3v) is 6.04. The molecule has 1 atom stereocenters. The zero-order valence-electron chi connectivity index (χ0n) is 16.4. The molecule has 142 valence electrons. The van der Waals surface area contributed by atoms with E-state index in [-0.39, 0.29) is 5.41 Å². The van der Waals surface area contributed by atoms with E-state index in [1.165, 1.54) is 11.1 Å². The predicted octanol–water partition coefficient (Wildman–Crippen LogP) is 3.71. The van der Waals surface area contributed by atoms with Crippen molar-refractivity contribution in [3.8, 4) is 0 Å². The number of pyridine rings is 1. The van der Waals surface area contributed by atoms with Gasteiger partial charge in [-0.25, -0.2) is 0 Å². The number of hydrogen-bond acceptors (Lipinski definition) is 3. The number of nitrogens with zero attached hydrogens (tertiary/aromatic N) is 3. The fourth-order valence-corrected chi connectivity index (χ4v) is 4.72. The SMILES string of the molecule is Cc1cccc(CN2CCC[C@]3(CCN(Cc4cccc(C)n4)C3)C2=O)c1. The average Bonchev–Trinajstić information content (AvgIpc) is 3.03. The Kier molecular flexibility index (Phi) is 5.00. The van der Waals surface area contributed by atoms with Crippen molar-refractivity contribution in [1.82, 2.24) is 14.8 Å². The third kappa shape index (κ3) is 3.91. The Labute approximate surface area is 162 Å². The summed E-state index contributed by atoms with van der Waals surface area (Å²) in [5, 5.41) is 0. The first kappa shape index (κ1) is 18.2. The maximum atomic E-state index is 13.4. The van der Waals surface area contributed by atoms with E-state index < -0.39 is 0 Å². The minimum atomic E-state index is -0.189. The molecule has 0 unspecified atom stereocenters. The number of carbonyl (C=O) groups is 1. The Bertz CT molecular complexity index is 834. The van der Waals surface area contributed by atoms with Gasteiger partial charge in [0.2, 0.25) is 5.91 Å². The smallest absolute Gasteiger partial charge is 0.230 e. The summed E-state index contributed by atoms with van der Waals surface area (Å²) in [6, 6.07) is 14.7. The normalized spacial score (nSPS) is 23.3. The minimum Gasteiger partial charge on any atom is -0.338 e. The van der Waals surface area contributed by atoms with Crippen molar-refractivity contribution in [2.24, 2.45) is 5.41 Å². The first-order valence-corrected chi connectivity index (χ1v) is 10.0. The summed E-state index contributed by atoms with van der Waals surface area (Å²) in [5.41, 5.74) is 4.46. The van der Waals surface area contributed by atoms with Gasteiger partial charge in [0.15, 0.2) is 0 Å². The fraction of sp³-hybridized carbons (Fsp3) is 0.478. The van der Waals surface area contributed by atoms with Gasteiger partial charge in [-0.1, -0.05) is 35.9 Å². The quantitative estimate of drug-likeness (QED) is 0.831. The molecule has 0 N–H and O–H groups in total. The zero-order valence-corrected chi connectivity index (χ0v) is 16.4. The number of aryl methyl sites for hydroxylation is 2. The first-order chi connectivity index (χ1) is 13.0. The van der Waals surface area contributed by atoms with Crippen LogP contribution in [0.5, 0.6) is 0 Å². The number of likely N-dealkylation sites (tertiary alicyclic amines) is 2. The monoisotopic (exact) mass is 363 g/mol. The van der Waals surface area contributed by atoms with Crippen LogP contribution in [0.1, 0.15) is 41.8 Å². The fourth-order valence-electron chi connectivity index (χ4n) is 4.72. The van der Waals surface area contributed by atoms with E-state index >= 15 is 0 Å². The number of benzene rings is 1. The standard InChI is InChI=1S/C23H29N3O/c1-18-6-3-8-20(14-18)15-26-12-5-10-23(22(26)27)11-13-25(17-23)16-21-9-4-7-19(2)24-21/h3-4,6-9,14H,5,10-13,15-17H2,1-2H3/t23-/m1/s1. The molecule has 2 aliphatic rings. The van der Waals surface area contributed by atoms with Crippen molar-refractivity contribution < 1.29 is 4.79 Å². The van der Waals surface area contributed by atoms with Crippen LogP contribution in [0.25, 0.3) is 0 Å². The number of hydrogen-bond donors (Lipinski definition) is 0. The molecule has 0 saturated carbocycles. The number of amides is 1. The van der Waals surface area contributed by atoms with E-state index in [9.17, 15) is 4.79 Å². The number of piperidine rings is 1. The summed E-state index contributed by atoms with van der Waals surface area (Å²) in [7, 11) is 0. The maximum absolute atomic E-state index is 13.4. The molecule has 2 fully saturated rings. The Hall–Kier alpha value is -2.20. The average molecular weight is 364 g/mol. The highest BCUT2D eigenvalue weighted by Gasteiger charge is 2.48. The summed E-state index contributed by atoms with van der Waals surface area (Å²) in [5.74, 6) is 0.356. The van der Waals surface area contributed by atoms with Crippen LogP contribution in [-0.4, -0.2) is 40.3 Å². The largest absolute Gasteiger partial charge is 0.338 e. The van der Waals surface area contributed by atoms with Crippen LogP contribution < -0.4 is 0 Å². The van der Waals surface area contributed by atoms with Crippen LogP contribution in [0.15, 0.2) is 42.5 Å². The Morgan fingerprint density at radius 2 is 1.89 bits per heavy atom. The van der Waals surface area contributed by atoms with Crippen LogP contribution in [0, 0.1) is 19.3 Å². The third-order valence-electron chi connectivity index (χ3n) is 6.04. The molecule has 27 heavy (non-hydrogen) atoms. The van der Waals surface area contributed by atoms with Gasteiger partial charge in [0.05, 0.1) is 11.1 Å². The molecule has 4 heteroatoms. The van der Waals surface area contributed by atoms with Crippen molar-refractivity contribution in [3.05, 3.63) is 65.0 Å². The molecular formula is C23H29N3O. The van der Waals surface area contributed by atoms with Gasteiger partial charge in [0, 0.05) is 31.9 Å². The second-order valence-corrected chi connectivity index (χ2v) is 8.33. The van der Waals surface area contributed by atoms with Gasteiger partial charge in [-0.15, -0.1) is 0 Å². The number of aromatic nitrogens is 1. The van der Waals surface area contributed by atoms with Crippen LogP contribution >= 0.6 is 0 Å². The topological polar surface area (TPSA) is 36.4 Å². The van der Waals surface area contributed by atoms with Gasteiger partial charge >= 0.3 is 0 Å². The predicted molar refractivity (Wildman–Crippen MR) is 107 cm³/mol. The summed E-state index contributed by atoms with van der Waals surface area (Å²) < 4.78 is 0. The van der Waals surface area contributed by atoms with Crippen molar-refractivity contribution in [2.45, 2.75) is 46.2 Å². The van der Waals surface area contributed by atoms with Crippen LogP contribution in [0.2, 0.25) is 0 Å². The summed E-state index contributed by atoms with van der Waals surface area (Å²) in [6.07, 6.45) is 3.10. The molecule has 1 aromatic heterocycles. The second kappa shape index (κ2) is 7.43. The van der Waals surface area contributed by atoms with E-state index in [1.807, 2.05) is 13.0 Å². The van der Waals surface area contributed by atoms with E-state index in [0.717, 1.165) is 63.4 Å². The summed E-state index contributed by atoms with van der Waals surface area (Å²) in [4.78, 5) is 22.5. The van der Waals surface area contributed by atoms with Crippen molar-refractivity contribution in [1.29, 1.82) is 0 Å². The lowest BCUT2D eigenvalue weighted by Gasteiger charge is -2.39. The molecule has 1 amide bonds. The van der Waals surface area contributed by atoms with E-state index in [1.54, 1.807) is 0 Å². The van der Waals surface area contributed by atoms with Crippen LogP contribution in [0.3, 0.4) is 0 Å². The highest BCUT2D eigenvalue weighted by atomic mass is 16.2. The van der Waals surface area contributed by atoms with E-state index in [0.29, 0.717) is 5.91 Å². The van der Waals surface area contributed by atoms with Gasteiger partial charge in [-0.05, 0) is 57.4 Å². The van der Waals surface area contributed by atoms with Crippen molar-refractivity contribution in [3.63, 3.8) is 0 Å². The molecule has 1 aromatic carbocycles. The lowest BCUT2D eigenvalue weighted by molar-refractivity contribution is -0.146. The molecule has 0 radical (unpaired) electrons. The molecule has 2 saturated heterocycles. The highest BCUT2D eigenvalue weighted by Crippen LogP contribution is 2.40. The van der Waals surface area contributed by atoms with E-state index in [2.05, 4.69) is 58.1 Å². The molecule has 2 aliphatic heterocycles. The lowest BCUT2D eigenvalue weighted by Crippen LogP contribution is -2.49. The molecule has 2 aromatic rings. The molecule has 3 heterocycles. The summed E-state index contributed by atoms with van der Waals surface area (Å²) >= 11 is 0. The summed E-state index contributed by atoms with van der Waals surface area (Å²) in [6.45, 7) is 8.45. The number of carbonyl (C=O) groups excluding carboxylic acids is 1. The Morgan fingerprint density at radius 1 is 1.04 bits per heavy atom. The minimum absolute atomic E-state index is 0.189. The molecular weight excluding hydrogens is 334 g/mol. The lowest BCUT2D eigenvalue weighted by atomic mass is 9.78. The molecule has 4 nitrogen and oxygen atoms in total. The van der Waals surface area contributed by atoms with Gasteiger partial charge in [-0.2, -0.15) is 0 Å². The first-order valence-electron chi connectivity index (χ1n) is 10.0. The Morgan fingerprint density at radius 3 is 2.70 bits per heavy atom. The molecule has 0 aliphatic carbocycles. The maximum Gasteiger partial charge on any atom is 0.230 e. The van der Waals surface area contributed by atoms with Gasteiger partial charge in [0.25, 0.3) is 0 Å². The van der Waals surface area contributed by atoms with Crippen LogP contribution in [-0.2, 0) is 17.9 Å². The molecule has 0 bridgehead atoms. The molecule has 1 spiro atoms. The van der Waals surface area contributed by atoms with Gasteiger partial charge in [0.1, 0.15) is 0 Å². The van der Waals surface area contributed by atoms with Crippen molar-refractivity contribution in [2.75, 3.05) is 19.6 Å². The Balaban J connectivity index is 1.44. The zero-order chi connectivity index (χ0) is 18.9. The van der Waals surface area contributed by atoms with Crippen LogP contribution in [0.4, 0.5) is 0 Å².